The Morgan fingerprint density at radius 2 is 1.52 bits per heavy atom. The van der Waals surface area contributed by atoms with E-state index in [2.05, 4.69) is 95.2 Å². The van der Waals surface area contributed by atoms with E-state index in [1.165, 1.54) is 23.1 Å². The molecule has 0 bridgehead atoms. The average Bonchev–Trinajstić information content (AvgIpc) is 3.32. The number of amidine groups is 1. The van der Waals surface area contributed by atoms with Crippen LogP contribution in [0.3, 0.4) is 0 Å². The van der Waals surface area contributed by atoms with Gasteiger partial charge in [0.2, 0.25) is 0 Å². The first-order chi connectivity index (χ1) is 15.6. The second kappa shape index (κ2) is 17.2. The summed E-state index contributed by atoms with van der Waals surface area (Å²) in [6.45, 7) is 16.3. The van der Waals surface area contributed by atoms with Crippen molar-refractivity contribution in [2.75, 3.05) is 6.61 Å². The summed E-state index contributed by atoms with van der Waals surface area (Å²) in [6.07, 6.45) is 2.38. The third kappa shape index (κ3) is 12.8. The SMILES string of the molecule is Cc1ccccc1N=C(N[PH+](C(C)C)C(C)C)c1ccccc1C.[CH-]1CCCO1.[Cl][Cr+]([Cl])[Cl]. The minimum atomic E-state index is -1.62. The molecule has 0 aliphatic carbocycles. The van der Waals surface area contributed by atoms with Gasteiger partial charge in [-0.05, 0) is 58.7 Å². The number of aryl methyl sites for hydroxylation is 2. The van der Waals surface area contributed by atoms with Crippen molar-refractivity contribution in [2.45, 2.75) is 65.7 Å². The third-order valence-electron chi connectivity index (χ3n) is 4.96. The Balaban J connectivity index is 0.000000505. The van der Waals surface area contributed by atoms with Crippen LogP contribution in [0.25, 0.3) is 0 Å². The molecule has 2 aromatic carbocycles. The number of aliphatic imine (C=N–C) groups is 1. The van der Waals surface area contributed by atoms with E-state index < -0.39 is 19.5 Å². The summed E-state index contributed by atoms with van der Waals surface area (Å²) in [7, 11) is 14.0. The fourth-order valence-corrected chi connectivity index (χ4v) is 5.69. The molecule has 0 amide bonds. The number of benzene rings is 2. The first-order valence-electron chi connectivity index (χ1n) is 11.1. The van der Waals surface area contributed by atoms with Gasteiger partial charge in [0.05, 0.1) is 25.1 Å². The number of hydrogen-bond donors (Lipinski definition) is 1. The summed E-state index contributed by atoms with van der Waals surface area (Å²) in [6, 6.07) is 16.8. The summed E-state index contributed by atoms with van der Waals surface area (Å²) >= 11 is -1.62. The van der Waals surface area contributed by atoms with Crippen LogP contribution in [0.15, 0.2) is 53.5 Å². The molecule has 0 aromatic heterocycles. The molecule has 0 unspecified atom stereocenters. The van der Waals surface area contributed by atoms with Crippen molar-refractivity contribution in [3.63, 3.8) is 0 Å². The van der Waals surface area contributed by atoms with E-state index in [4.69, 9.17) is 39.9 Å². The van der Waals surface area contributed by atoms with Crippen LogP contribution in [0.1, 0.15) is 57.2 Å². The van der Waals surface area contributed by atoms with Crippen molar-refractivity contribution < 1.29 is 16.1 Å². The normalized spacial score (nSPS) is 13.7. The van der Waals surface area contributed by atoms with Crippen LogP contribution in [0, 0.1) is 20.5 Å². The average molecular weight is 571 g/mol. The molecule has 1 aliphatic rings. The van der Waals surface area contributed by atoms with Gasteiger partial charge in [-0.3, -0.25) is 0 Å². The van der Waals surface area contributed by atoms with Crippen LogP contribution in [0.5, 0.6) is 0 Å². The maximum absolute atomic E-state index is 5.02. The molecule has 0 spiro atoms. The Kier molecular flexibility index (Phi) is 16.0. The van der Waals surface area contributed by atoms with Crippen LogP contribution in [0.2, 0.25) is 0 Å². The van der Waals surface area contributed by atoms with Gasteiger partial charge in [0.1, 0.15) is 0 Å². The topological polar surface area (TPSA) is 33.6 Å². The van der Waals surface area contributed by atoms with E-state index in [1.54, 1.807) is 0 Å². The predicted molar refractivity (Wildman–Crippen MR) is 147 cm³/mol. The van der Waals surface area contributed by atoms with E-state index in [-0.39, 0.29) is 0 Å². The zero-order chi connectivity index (χ0) is 24.8. The number of rotatable bonds is 5. The fraction of sp³-hybridized carbons (Fsp3) is 0.440. The predicted octanol–water partition coefficient (Wildman–Crippen LogP) is 8.94. The Labute approximate surface area is 219 Å². The molecule has 3 rings (SSSR count). The zero-order valence-electron chi connectivity index (χ0n) is 20.4. The number of halogens is 3. The number of hydrogen-bond acceptors (Lipinski definition) is 2. The Morgan fingerprint density at radius 1 is 0.970 bits per heavy atom. The second-order valence-corrected chi connectivity index (χ2v) is 18.1. The van der Waals surface area contributed by atoms with Crippen molar-refractivity contribution in [1.29, 1.82) is 0 Å². The van der Waals surface area contributed by atoms with Crippen molar-refractivity contribution in [1.82, 2.24) is 5.09 Å². The fourth-order valence-electron chi connectivity index (χ4n) is 3.31. The molecule has 1 fully saturated rings. The molecule has 8 heteroatoms. The molecular weight excluding hydrogens is 534 g/mol. The standard InChI is InChI=1S/C21H29N2P.C4H7O.3ClH.Cr/c1-15(2)24(16(3)4)23-21(19-13-9-7-11-17(19)5)22-20-14-10-8-12-18(20)6;1-2-4-5-3-1;;;;/h7-16H,1-6H3,(H,22,23);3H,1-2,4H2;3*1H;/q;-1;;;;+4/p-2. The Hall–Kier alpha value is -0.298. The summed E-state index contributed by atoms with van der Waals surface area (Å²) in [4.78, 5) is 5.02. The molecule has 3 nitrogen and oxygen atoms in total. The van der Waals surface area contributed by atoms with Crippen LogP contribution in [-0.2, 0) is 16.1 Å². The van der Waals surface area contributed by atoms with Crippen LogP contribution in [-0.4, -0.2) is 23.8 Å². The van der Waals surface area contributed by atoms with E-state index in [0.717, 1.165) is 24.6 Å². The van der Waals surface area contributed by atoms with Crippen LogP contribution < -0.4 is 5.09 Å². The van der Waals surface area contributed by atoms with E-state index in [9.17, 15) is 0 Å². The van der Waals surface area contributed by atoms with Gasteiger partial charge in [-0.1, -0.05) is 48.9 Å². The van der Waals surface area contributed by atoms with E-state index >= 15 is 0 Å². The van der Waals surface area contributed by atoms with Gasteiger partial charge >= 0.3 is 41.5 Å². The molecule has 1 saturated heterocycles. The van der Waals surface area contributed by atoms with Gasteiger partial charge in [0, 0.05) is 12.2 Å². The van der Waals surface area contributed by atoms with Gasteiger partial charge < -0.3 is 4.74 Å². The first kappa shape index (κ1) is 30.7. The summed E-state index contributed by atoms with van der Waals surface area (Å²) in [5.41, 5.74) is 5.98. The molecule has 0 radical (unpaired) electrons. The van der Waals surface area contributed by atoms with Gasteiger partial charge in [0.25, 0.3) is 0 Å². The Bertz CT molecular complexity index is 828. The molecule has 0 atom stereocenters. The van der Waals surface area contributed by atoms with Gasteiger partial charge in [0.15, 0.2) is 5.84 Å². The number of ether oxygens (including phenoxy) is 1. The van der Waals surface area contributed by atoms with Crippen molar-refractivity contribution >= 4 is 49.7 Å². The summed E-state index contributed by atoms with van der Waals surface area (Å²) in [5.74, 6) is 1.01. The quantitative estimate of drug-likeness (QED) is 0.168. The zero-order valence-corrected chi connectivity index (χ0v) is 24.9. The first-order valence-corrected chi connectivity index (χ1v) is 18.1. The van der Waals surface area contributed by atoms with Crippen LogP contribution in [0.4, 0.5) is 5.69 Å². The Morgan fingerprint density at radius 3 is 1.94 bits per heavy atom. The van der Waals surface area contributed by atoms with E-state index in [1.807, 2.05) is 6.61 Å². The molecular formula is C25H37Cl3CrN2OP+. The van der Waals surface area contributed by atoms with Crippen molar-refractivity contribution in [2.24, 2.45) is 4.99 Å². The van der Waals surface area contributed by atoms with Gasteiger partial charge in [-0.15, -0.1) is 0 Å². The molecule has 0 saturated carbocycles. The number of nitrogens with one attached hydrogen (secondary N) is 1. The third-order valence-corrected chi connectivity index (χ3v) is 7.97. The molecule has 1 N–H and O–H groups in total. The number of nitrogens with zero attached hydrogens (tertiary/aromatic N) is 1. The molecule has 2 aromatic rings. The monoisotopic (exact) mass is 569 g/mol. The molecule has 33 heavy (non-hydrogen) atoms. The maximum atomic E-state index is 5.02. The summed E-state index contributed by atoms with van der Waals surface area (Å²) in [5, 5.41) is 3.84. The minimum absolute atomic E-state index is 0.640. The van der Waals surface area contributed by atoms with Gasteiger partial charge in [-0.25, -0.2) is 16.7 Å². The van der Waals surface area contributed by atoms with Crippen molar-refractivity contribution in [3.05, 3.63) is 71.8 Å². The van der Waals surface area contributed by atoms with Gasteiger partial charge in [-0.2, -0.15) is 6.42 Å². The second-order valence-electron chi connectivity index (χ2n) is 8.31. The number of para-hydroxylation sites is 1. The van der Waals surface area contributed by atoms with Crippen LogP contribution >= 0.6 is 38.2 Å². The van der Waals surface area contributed by atoms with E-state index in [0.29, 0.717) is 11.3 Å². The molecule has 1 heterocycles. The molecule has 184 valence electrons. The molecule has 1 aliphatic heterocycles. The van der Waals surface area contributed by atoms with Crippen molar-refractivity contribution in [3.8, 4) is 0 Å². The summed E-state index contributed by atoms with van der Waals surface area (Å²) < 4.78 is 4.82.